The van der Waals surface area contributed by atoms with Crippen molar-refractivity contribution < 1.29 is 10.2 Å². The highest BCUT2D eigenvalue weighted by Gasteiger charge is 2.33. The molecular formula is C12H18ClNO2. The summed E-state index contributed by atoms with van der Waals surface area (Å²) in [6, 6.07) is 1.82. The van der Waals surface area contributed by atoms with Gasteiger partial charge in [-0.15, -0.1) is 0 Å². The fourth-order valence-electron chi connectivity index (χ4n) is 1.66. The van der Waals surface area contributed by atoms with Crippen LogP contribution in [0.1, 0.15) is 19.4 Å². The standard InChI is InChI=1S/C12H18ClNO2/c1-9(2)12(7-15,8-16)5-10-3-4-14-6-11(10)13/h3-4,6,9,15-16H,5,7-8H2,1-2H3. The Bertz CT molecular complexity index is 338. The summed E-state index contributed by atoms with van der Waals surface area (Å²) in [6.07, 6.45) is 3.80. The summed E-state index contributed by atoms with van der Waals surface area (Å²) in [5.41, 5.74) is 0.388. The summed E-state index contributed by atoms with van der Waals surface area (Å²) in [7, 11) is 0. The van der Waals surface area contributed by atoms with Gasteiger partial charge >= 0.3 is 0 Å². The molecule has 1 aromatic rings. The van der Waals surface area contributed by atoms with Crippen molar-refractivity contribution in [1.29, 1.82) is 0 Å². The Morgan fingerprint density at radius 2 is 2.00 bits per heavy atom. The molecule has 2 N–H and O–H groups in total. The third kappa shape index (κ3) is 2.73. The van der Waals surface area contributed by atoms with Gasteiger partial charge in [-0.1, -0.05) is 25.4 Å². The number of aliphatic hydroxyl groups excluding tert-OH is 2. The summed E-state index contributed by atoms with van der Waals surface area (Å²) >= 11 is 6.02. The van der Waals surface area contributed by atoms with Crippen LogP contribution in [0.2, 0.25) is 5.02 Å². The van der Waals surface area contributed by atoms with Gasteiger partial charge in [0.25, 0.3) is 0 Å². The summed E-state index contributed by atoms with van der Waals surface area (Å²) in [4.78, 5) is 3.91. The molecule has 1 heterocycles. The number of rotatable bonds is 5. The molecule has 0 radical (unpaired) electrons. The molecule has 0 amide bonds. The van der Waals surface area contributed by atoms with E-state index in [1.165, 1.54) is 0 Å². The number of aliphatic hydroxyl groups is 2. The molecule has 0 saturated carbocycles. The fourth-order valence-corrected chi connectivity index (χ4v) is 1.84. The number of hydrogen-bond acceptors (Lipinski definition) is 3. The summed E-state index contributed by atoms with van der Waals surface area (Å²) in [6.45, 7) is 3.86. The van der Waals surface area contributed by atoms with Crippen LogP contribution in [0.5, 0.6) is 0 Å². The SMILES string of the molecule is CC(C)C(CO)(CO)Cc1ccncc1Cl. The van der Waals surface area contributed by atoms with Crippen LogP contribution in [0.25, 0.3) is 0 Å². The smallest absolute Gasteiger partial charge is 0.0621 e. The van der Waals surface area contributed by atoms with E-state index in [2.05, 4.69) is 4.98 Å². The summed E-state index contributed by atoms with van der Waals surface area (Å²) in [5, 5.41) is 19.5. The van der Waals surface area contributed by atoms with E-state index in [4.69, 9.17) is 11.6 Å². The second-order valence-corrected chi connectivity index (χ2v) is 4.88. The van der Waals surface area contributed by atoms with E-state index < -0.39 is 5.41 Å². The minimum absolute atomic E-state index is 0.0557. The van der Waals surface area contributed by atoms with E-state index in [0.29, 0.717) is 11.4 Å². The van der Waals surface area contributed by atoms with Gasteiger partial charge in [0.05, 0.1) is 18.2 Å². The average Bonchev–Trinajstić information content (AvgIpc) is 2.28. The molecule has 4 heteroatoms. The van der Waals surface area contributed by atoms with Crippen LogP contribution >= 0.6 is 11.6 Å². The van der Waals surface area contributed by atoms with Gasteiger partial charge in [-0.25, -0.2) is 0 Å². The van der Waals surface area contributed by atoms with Gasteiger partial charge in [-0.2, -0.15) is 0 Å². The number of pyridine rings is 1. The Morgan fingerprint density at radius 3 is 2.44 bits per heavy atom. The largest absolute Gasteiger partial charge is 0.396 e. The first-order chi connectivity index (χ1) is 7.55. The van der Waals surface area contributed by atoms with Crippen molar-refractivity contribution in [2.75, 3.05) is 13.2 Å². The van der Waals surface area contributed by atoms with Gasteiger partial charge in [-0.3, -0.25) is 4.98 Å². The van der Waals surface area contributed by atoms with Gasteiger partial charge in [0.2, 0.25) is 0 Å². The van der Waals surface area contributed by atoms with Crippen molar-refractivity contribution in [3.63, 3.8) is 0 Å². The highest BCUT2D eigenvalue weighted by molar-refractivity contribution is 6.31. The second-order valence-electron chi connectivity index (χ2n) is 4.48. The molecule has 3 nitrogen and oxygen atoms in total. The molecule has 0 aliphatic rings. The quantitative estimate of drug-likeness (QED) is 0.831. The van der Waals surface area contributed by atoms with Crippen LogP contribution in [-0.2, 0) is 6.42 Å². The van der Waals surface area contributed by atoms with Crippen molar-refractivity contribution in [3.05, 3.63) is 29.0 Å². The molecule has 0 bridgehead atoms. The lowest BCUT2D eigenvalue weighted by Gasteiger charge is -2.34. The number of aromatic nitrogens is 1. The molecular weight excluding hydrogens is 226 g/mol. The van der Waals surface area contributed by atoms with Crippen molar-refractivity contribution in [2.24, 2.45) is 11.3 Å². The van der Waals surface area contributed by atoms with E-state index in [9.17, 15) is 10.2 Å². The first-order valence-corrected chi connectivity index (χ1v) is 5.73. The van der Waals surface area contributed by atoms with E-state index in [0.717, 1.165) is 5.56 Å². The van der Waals surface area contributed by atoms with E-state index in [1.54, 1.807) is 12.4 Å². The normalized spacial score (nSPS) is 12.1. The van der Waals surface area contributed by atoms with Crippen molar-refractivity contribution in [2.45, 2.75) is 20.3 Å². The molecule has 0 unspecified atom stereocenters. The van der Waals surface area contributed by atoms with Crippen LogP contribution < -0.4 is 0 Å². The maximum Gasteiger partial charge on any atom is 0.0621 e. The molecule has 0 spiro atoms. The molecule has 1 rings (SSSR count). The van der Waals surface area contributed by atoms with Gasteiger partial charge in [0.15, 0.2) is 0 Å². The van der Waals surface area contributed by atoms with Crippen LogP contribution in [0.15, 0.2) is 18.5 Å². The molecule has 0 aromatic carbocycles. The highest BCUT2D eigenvalue weighted by Crippen LogP contribution is 2.32. The maximum atomic E-state index is 9.48. The lowest BCUT2D eigenvalue weighted by molar-refractivity contribution is 0.0163. The van der Waals surface area contributed by atoms with E-state index in [1.807, 2.05) is 19.9 Å². The van der Waals surface area contributed by atoms with Gasteiger partial charge < -0.3 is 10.2 Å². The zero-order valence-corrected chi connectivity index (χ0v) is 10.4. The Balaban J connectivity index is 2.96. The zero-order valence-electron chi connectivity index (χ0n) is 9.65. The van der Waals surface area contributed by atoms with Crippen LogP contribution in [0.4, 0.5) is 0 Å². The molecule has 1 aromatic heterocycles. The number of nitrogens with zero attached hydrogens (tertiary/aromatic N) is 1. The van der Waals surface area contributed by atoms with E-state index in [-0.39, 0.29) is 19.1 Å². The number of hydrogen-bond donors (Lipinski definition) is 2. The molecule has 0 aliphatic heterocycles. The van der Waals surface area contributed by atoms with Gasteiger partial charge in [-0.05, 0) is 24.0 Å². The van der Waals surface area contributed by atoms with Crippen LogP contribution in [-0.4, -0.2) is 28.4 Å². The highest BCUT2D eigenvalue weighted by atomic mass is 35.5. The Hall–Kier alpha value is -0.640. The van der Waals surface area contributed by atoms with Crippen molar-refractivity contribution in [3.8, 4) is 0 Å². The van der Waals surface area contributed by atoms with Crippen LogP contribution in [0, 0.1) is 11.3 Å². The van der Waals surface area contributed by atoms with E-state index >= 15 is 0 Å². The van der Waals surface area contributed by atoms with Gasteiger partial charge in [0, 0.05) is 17.8 Å². The molecule has 0 aliphatic carbocycles. The first-order valence-electron chi connectivity index (χ1n) is 5.36. The Labute approximate surface area is 101 Å². The Morgan fingerprint density at radius 1 is 1.38 bits per heavy atom. The average molecular weight is 244 g/mol. The maximum absolute atomic E-state index is 9.48. The summed E-state index contributed by atoms with van der Waals surface area (Å²) in [5.74, 6) is 0.173. The lowest BCUT2D eigenvalue weighted by Crippen LogP contribution is -2.37. The third-order valence-electron chi connectivity index (χ3n) is 3.25. The number of halogens is 1. The molecule has 0 atom stereocenters. The monoisotopic (exact) mass is 243 g/mol. The minimum Gasteiger partial charge on any atom is -0.396 e. The Kier molecular flexibility index (Phi) is 4.71. The second kappa shape index (κ2) is 5.62. The zero-order chi connectivity index (χ0) is 12.2. The molecule has 0 saturated heterocycles. The van der Waals surface area contributed by atoms with Crippen molar-refractivity contribution in [1.82, 2.24) is 4.98 Å². The molecule has 90 valence electrons. The van der Waals surface area contributed by atoms with Crippen molar-refractivity contribution >= 4 is 11.6 Å². The minimum atomic E-state index is -0.523. The predicted octanol–water partition coefficient (Wildman–Crippen LogP) is 1.90. The summed E-state index contributed by atoms with van der Waals surface area (Å²) < 4.78 is 0. The molecule has 16 heavy (non-hydrogen) atoms. The molecule has 0 fully saturated rings. The van der Waals surface area contributed by atoms with Crippen LogP contribution in [0.3, 0.4) is 0 Å². The predicted molar refractivity (Wildman–Crippen MR) is 64.4 cm³/mol. The lowest BCUT2D eigenvalue weighted by atomic mass is 9.74. The fraction of sp³-hybridized carbons (Fsp3) is 0.583. The first kappa shape index (κ1) is 13.4. The van der Waals surface area contributed by atoms with Gasteiger partial charge in [0.1, 0.15) is 0 Å². The third-order valence-corrected chi connectivity index (χ3v) is 3.59. The topological polar surface area (TPSA) is 53.4 Å².